The van der Waals surface area contributed by atoms with Crippen molar-refractivity contribution in [2.45, 2.75) is 75.2 Å². The van der Waals surface area contributed by atoms with Gasteiger partial charge in [-0.05, 0) is 82.3 Å². The molecule has 2 saturated heterocycles. The monoisotopic (exact) mass is 578 g/mol. The van der Waals surface area contributed by atoms with Crippen molar-refractivity contribution in [3.8, 4) is 0 Å². The van der Waals surface area contributed by atoms with Crippen LogP contribution in [0.2, 0.25) is 0 Å². The molecule has 2 aromatic carbocycles. The fourth-order valence-electron chi connectivity index (χ4n) is 6.96. The number of H-pyrrole nitrogens is 1. The highest BCUT2D eigenvalue weighted by Crippen LogP contribution is 2.37. The number of hydrogen-bond acceptors (Lipinski definition) is 4. The van der Waals surface area contributed by atoms with Gasteiger partial charge in [-0.2, -0.15) is 13.9 Å². The summed E-state index contributed by atoms with van der Waals surface area (Å²) >= 11 is 0. The van der Waals surface area contributed by atoms with E-state index in [2.05, 4.69) is 51.3 Å². The van der Waals surface area contributed by atoms with Gasteiger partial charge in [-0.15, -0.1) is 0 Å². The first kappa shape index (κ1) is 30.4. The number of nitrogens with zero attached hydrogens (tertiary/aromatic N) is 3. The number of alkyl halides is 2. The highest BCUT2D eigenvalue weighted by Gasteiger charge is 2.39. The average Bonchev–Trinajstić information content (AvgIpc) is 3.71. The molecule has 0 radical (unpaired) electrons. The van der Waals surface area contributed by atoms with Crippen LogP contribution in [-0.2, 0) is 10.7 Å². The largest absolute Gasteiger partial charge is 0.480 e. The van der Waals surface area contributed by atoms with Crippen molar-refractivity contribution in [2.24, 2.45) is 5.92 Å². The molecule has 1 aromatic heterocycles. The van der Waals surface area contributed by atoms with Crippen LogP contribution in [0, 0.1) is 5.92 Å². The number of carboxylic acids is 1. The van der Waals surface area contributed by atoms with Crippen molar-refractivity contribution in [1.82, 2.24) is 20.0 Å². The lowest BCUT2D eigenvalue weighted by molar-refractivity contribution is -0.145. The molecule has 6 rings (SSSR count). The number of benzene rings is 2. The van der Waals surface area contributed by atoms with Crippen LogP contribution in [0.3, 0.4) is 0 Å². The Morgan fingerprint density at radius 3 is 2.17 bits per heavy atom. The lowest BCUT2D eigenvalue weighted by Crippen LogP contribution is -2.45. The molecule has 42 heavy (non-hydrogen) atoms. The first-order valence-corrected chi connectivity index (χ1v) is 15.5. The number of aromatic amines is 1. The van der Waals surface area contributed by atoms with Crippen LogP contribution in [0.15, 0.2) is 66.7 Å². The molecule has 2 aliphatic heterocycles. The van der Waals surface area contributed by atoms with E-state index in [1.54, 1.807) is 18.2 Å². The molecule has 2 atom stereocenters. The van der Waals surface area contributed by atoms with Gasteiger partial charge >= 0.3 is 11.9 Å². The first-order chi connectivity index (χ1) is 20.3. The van der Waals surface area contributed by atoms with E-state index in [1.807, 2.05) is 6.07 Å². The molecule has 0 bridgehead atoms. The van der Waals surface area contributed by atoms with Gasteiger partial charge in [0.1, 0.15) is 11.7 Å². The third-order valence-electron chi connectivity index (χ3n) is 9.45. The molecule has 3 heterocycles. The van der Waals surface area contributed by atoms with Gasteiger partial charge in [0.25, 0.3) is 0 Å². The van der Waals surface area contributed by atoms with Gasteiger partial charge in [0.05, 0.1) is 0 Å². The van der Waals surface area contributed by atoms with Gasteiger partial charge in [-0.1, -0.05) is 79.9 Å². The van der Waals surface area contributed by atoms with E-state index >= 15 is 0 Å². The summed E-state index contributed by atoms with van der Waals surface area (Å²) in [5.74, 6) is -2.52. The Hall–Kier alpha value is -3.10. The number of carbonyl (C=O) groups is 1. The summed E-state index contributed by atoms with van der Waals surface area (Å²) in [6.07, 6.45) is 8.89. The molecule has 3 aromatic rings. The predicted molar refractivity (Wildman–Crippen MR) is 161 cm³/mol. The highest BCUT2D eigenvalue weighted by atomic mass is 19.3. The third-order valence-corrected chi connectivity index (χ3v) is 9.45. The van der Waals surface area contributed by atoms with E-state index in [1.165, 1.54) is 43.0 Å². The predicted octanol–water partition coefficient (Wildman–Crippen LogP) is 6.87. The zero-order chi connectivity index (χ0) is 29.5. The number of likely N-dealkylation sites (tertiary alicyclic amines) is 2. The number of rotatable bonds is 7. The van der Waals surface area contributed by atoms with E-state index in [0.717, 1.165) is 64.0 Å². The quantitative estimate of drug-likeness (QED) is 0.320. The Morgan fingerprint density at radius 1 is 0.905 bits per heavy atom. The maximum absolute atomic E-state index is 14.4. The van der Waals surface area contributed by atoms with Gasteiger partial charge in [-0.25, -0.2) is 0 Å². The molecule has 0 unspecified atom stereocenters. The summed E-state index contributed by atoms with van der Waals surface area (Å²) in [5.41, 5.74) is 1.97. The maximum Gasteiger partial charge on any atom is 0.321 e. The van der Waals surface area contributed by atoms with Gasteiger partial charge in [-0.3, -0.25) is 14.8 Å². The van der Waals surface area contributed by atoms with Crippen molar-refractivity contribution >= 4 is 5.97 Å². The zero-order valence-electron chi connectivity index (χ0n) is 24.6. The minimum atomic E-state index is -3.05. The Kier molecular flexibility index (Phi) is 10.1. The molecule has 2 N–H and O–H groups in total. The van der Waals surface area contributed by atoms with Crippen molar-refractivity contribution in [3.05, 3.63) is 89.2 Å². The summed E-state index contributed by atoms with van der Waals surface area (Å²) in [5, 5.41) is 16.4. The molecule has 3 aliphatic rings. The average molecular weight is 579 g/mol. The molecule has 0 spiro atoms. The highest BCUT2D eigenvalue weighted by molar-refractivity contribution is 5.74. The standard InChI is InChI=1S/C18H25NO2.C16H19F2N3/c20-18(21)17(15-9-5-2-6-10-15)19-12-11-16(13-19)14-7-3-1-4-8-14;1-21-9-7-12(8-10-21)14-11-15(20-19-14)16(17,18)13-5-3-2-4-6-13/h1,3-4,7-8,15-17H,2,5-6,9-13H2,(H,20,21);2-6,11-12H,7-10H2,1H3,(H,19,20)/t16-,17-;/m1./s1. The van der Waals surface area contributed by atoms with Gasteiger partial charge in [0.15, 0.2) is 0 Å². The molecule has 1 saturated carbocycles. The number of aliphatic carboxylic acids is 1. The molecule has 1 aliphatic carbocycles. The molecule has 226 valence electrons. The number of hydrogen-bond donors (Lipinski definition) is 2. The van der Waals surface area contributed by atoms with Crippen molar-refractivity contribution in [1.29, 1.82) is 0 Å². The number of piperidine rings is 1. The summed E-state index contributed by atoms with van der Waals surface area (Å²) in [6.45, 7) is 3.81. The normalized spacial score (nSPS) is 21.9. The number of halogens is 2. The van der Waals surface area contributed by atoms with Crippen molar-refractivity contribution in [2.75, 3.05) is 33.2 Å². The number of aromatic nitrogens is 2. The number of carboxylic acid groups (broad SMARTS) is 1. The Labute approximate surface area is 248 Å². The summed E-state index contributed by atoms with van der Waals surface area (Å²) < 4.78 is 28.9. The van der Waals surface area contributed by atoms with Gasteiger partial charge in [0, 0.05) is 23.7 Å². The third kappa shape index (κ3) is 7.27. The zero-order valence-corrected chi connectivity index (χ0v) is 24.6. The molecular weight excluding hydrogens is 534 g/mol. The molecule has 6 nitrogen and oxygen atoms in total. The number of nitrogens with one attached hydrogen (secondary N) is 1. The Bertz CT molecular complexity index is 1250. The fraction of sp³-hybridized carbons (Fsp3) is 0.529. The van der Waals surface area contributed by atoms with Crippen LogP contribution < -0.4 is 0 Å². The SMILES string of the molecule is CN1CCC(c2cc(C(F)(F)c3ccccc3)n[nH]2)CC1.O=C(O)[C@@H](C1CCCCC1)N1CC[C@@H](c2ccccc2)C1. The Balaban J connectivity index is 0.000000168. The van der Waals surface area contributed by atoms with Crippen molar-refractivity contribution < 1.29 is 18.7 Å². The van der Waals surface area contributed by atoms with Crippen LogP contribution in [0.25, 0.3) is 0 Å². The fourth-order valence-corrected chi connectivity index (χ4v) is 6.96. The molecule has 0 amide bonds. The van der Waals surface area contributed by atoms with Crippen LogP contribution in [0.5, 0.6) is 0 Å². The summed E-state index contributed by atoms with van der Waals surface area (Å²) in [7, 11) is 2.08. The minimum absolute atomic E-state index is 0.0218. The van der Waals surface area contributed by atoms with Crippen LogP contribution >= 0.6 is 0 Å². The topological polar surface area (TPSA) is 72.5 Å². The summed E-state index contributed by atoms with van der Waals surface area (Å²) in [4.78, 5) is 16.3. The smallest absolute Gasteiger partial charge is 0.321 e. The van der Waals surface area contributed by atoms with E-state index in [4.69, 9.17) is 0 Å². The van der Waals surface area contributed by atoms with Crippen LogP contribution in [0.1, 0.15) is 85.7 Å². The van der Waals surface area contributed by atoms with E-state index in [-0.39, 0.29) is 17.3 Å². The van der Waals surface area contributed by atoms with Crippen LogP contribution in [0.4, 0.5) is 8.78 Å². The first-order valence-electron chi connectivity index (χ1n) is 15.5. The second kappa shape index (κ2) is 13.9. The van der Waals surface area contributed by atoms with Gasteiger partial charge < -0.3 is 10.0 Å². The van der Waals surface area contributed by atoms with E-state index in [0.29, 0.717) is 17.8 Å². The lowest BCUT2D eigenvalue weighted by Gasteiger charge is -2.33. The molecular formula is C34H44F2N4O2. The van der Waals surface area contributed by atoms with E-state index < -0.39 is 11.9 Å². The molecule has 3 fully saturated rings. The van der Waals surface area contributed by atoms with E-state index in [9.17, 15) is 18.7 Å². The lowest BCUT2D eigenvalue weighted by atomic mass is 9.83. The second-order valence-electron chi connectivity index (χ2n) is 12.3. The van der Waals surface area contributed by atoms with Crippen LogP contribution in [-0.4, -0.2) is 70.3 Å². The Morgan fingerprint density at radius 2 is 1.52 bits per heavy atom. The maximum atomic E-state index is 14.4. The molecule has 8 heteroatoms. The second-order valence-corrected chi connectivity index (χ2v) is 12.3. The summed E-state index contributed by atoms with van der Waals surface area (Å²) in [6, 6.07) is 19.6. The van der Waals surface area contributed by atoms with Crippen molar-refractivity contribution in [3.63, 3.8) is 0 Å². The van der Waals surface area contributed by atoms with Gasteiger partial charge in [0.2, 0.25) is 0 Å². The minimum Gasteiger partial charge on any atom is -0.480 e.